The van der Waals surface area contributed by atoms with Gasteiger partial charge in [-0.2, -0.15) is 0 Å². The first kappa shape index (κ1) is 19.0. The van der Waals surface area contributed by atoms with Gasteiger partial charge < -0.3 is 19.7 Å². The van der Waals surface area contributed by atoms with E-state index in [0.717, 1.165) is 36.6 Å². The van der Waals surface area contributed by atoms with E-state index in [-0.39, 0.29) is 12.5 Å². The van der Waals surface area contributed by atoms with Crippen molar-refractivity contribution >= 4 is 11.7 Å². The number of pyridine rings is 1. The van der Waals surface area contributed by atoms with Crippen LogP contribution in [0.2, 0.25) is 0 Å². The van der Waals surface area contributed by atoms with Crippen molar-refractivity contribution in [3.8, 4) is 11.5 Å². The molecule has 1 aromatic carbocycles. The minimum atomic E-state index is -0.152. The molecule has 1 aliphatic heterocycles. The van der Waals surface area contributed by atoms with Gasteiger partial charge in [0.05, 0.1) is 6.61 Å². The number of anilines is 1. The van der Waals surface area contributed by atoms with Crippen molar-refractivity contribution in [3.63, 3.8) is 0 Å². The maximum absolute atomic E-state index is 12.1. The Balaban J connectivity index is 1.42. The lowest BCUT2D eigenvalue weighted by Gasteiger charge is -2.17. The predicted octanol–water partition coefficient (Wildman–Crippen LogP) is 3.17. The highest BCUT2D eigenvalue weighted by Crippen LogP contribution is 2.19. The van der Waals surface area contributed by atoms with Gasteiger partial charge in [-0.25, -0.2) is 4.98 Å². The first-order valence-electron chi connectivity index (χ1n) is 9.57. The third-order valence-electron chi connectivity index (χ3n) is 4.40. The maximum atomic E-state index is 12.1. The van der Waals surface area contributed by atoms with Crippen LogP contribution in [0.1, 0.15) is 31.7 Å². The minimum Gasteiger partial charge on any atom is -0.494 e. The molecule has 1 aliphatic rings. The summed E-state index contributed by atoms with van der Waals surface area (Å²) >= 11 is 0. The number of ether oxygens (including phenoxy) is 2. The standard InChI is InChI=1S/C21H27N3O3/c1-2-13-26-18-5-7-19(8-6-18)27-16-21(25)23-15-17-9-10-22-20(14-17)24-11-3-4-12-24/h5-10,14H,2-4,11-13,15-16H2,1H3,(H,23,25). The topological polar surface area (TPSA) is 63.7 Å². The number of aromatic nitrogens is 1. The van der Waals surface area contributed by atoms with Crippen molar-refractivity contribution in [2.24, 2.45) is 0 Å². The van der Waals surface area contributed by atoms with Gasteiger partial charge >= 0.3 is 0 Å². The van der Waals surface area contributed by atoms with Gasteiger partial charge in [0, 0.05) is 25.8 Å². The average molecular weight is 369 g/mol. The zero-order valence-corrected chi connectivity index (χ0v) is 15.8. The van der Waals surface area contributed by atoms with Crippen LogP contribution in [0.25, 0.3) is 0 Å². The summed E-state index contributed by atoms with van der Waals surface area (Å²) in [4.78, 5) is 18.8. The van der Waals surface area contributed by atoms with Crippen LogP contribution in [0.4, 0.5) is 5.82 Å². The van der Waals surface area contributed by atoms with Crippen molar-refractivity contribution in [1.29, 1.82) is 0 Å². The molecule has 0 radical (unpaired) electrons. The largest absolute Gasteiger partial charge is 0.494 e. The molecule has 1 saturated heterocycles. The summed E-state index contributed by atoms with van der Waals surface area (Å²) in [5.74, 6) is 2.29. The van der Waals surface area contributed by atoms with Crippen molar-refractivity contribution in [3.05, 3.63) is 48.2 Å². The van der Waals surface area contributed by atoms with E-state index in [1.165, 1.54) is 12.8 Å². The van der Waals surface area contributed by atoms with Gasteiger partial charge in [-0.3, -0.25) is 4.79 Å². The molecule has 144 valence electrons. The van der Waals surface area contributed by atoms with Crippen molar-refractivity contribution in [2.45, 2.75) is 32.7 Å². The lowest BCUT2D eigenvalue weighted by molar-refractivity contribution is -0.123. The van der Waals surface area contributed by atoms with Crippen LogP contribution in [-0.2, 0) is 11.3 Å². The Kier molecular flexibility index (Phi) is 6.90. The Hall–Kier alpha value is -2.76. The zero-order valence-electron chi connectivity index (χ0n) is 15.8. The molecule has 0 bridgehead atoms. The fourth-order valence-electron chi connectivity index (χ4n) is 2.94. The summed E-state index contributed by atoms with van der Waals surface area (Å²) in [5, 5.41) is 2.89. The van der Waals surface area contributed by atoms with Gasteiger partial charge in [0.2, 0.25) is 0 Å². The van der Waals surface area contributed by atoms with Gasteiger partial charge in [-0.1, -0.05) is 6.92 Å². The fraction of sp³-hybridized carbons (Fsp3) is 0.429. The van der Waals surface area contributed by atoms with E-state index in [9.17, 15) is 4.79 Å². The second-order valence-corrected chi connectivity index (χ2v) is 6.60. The number of amides is 1. The van der Waals surface area contributed by atoms with Gasteiger partial charge in [0.15, 0.2) is 6.61 Å². The predicted molar refractivity (Wildman–Crippen MR) is 105 cm³/mol. The van der Waals surface area contributed by atoms with E-state index < -0.39 is 0 Å². The fourth-order valence-corrected chi connectivity index (χ4v) is 2.94. The van der Waals surface area contributed by atoms with Gasteiger partial charge in [-0.05, 0) is 61.2 Å². The Labute approximate surface area is 160 Å². The molecule has 0 spiro atoms. The van der Waals surface area contributed by atoms with Crippen molar-refractivity contribution in [1.82, 2.24) is 10.3 Å². The summed E-state index contributed by atoms with van der Waals surface area (Å²) in [7, 11) is 0. The van der Waals surface area contributed by atoms with E-state index in [0.29, 0.717) is 18.9 Å². The molecule has 1 aromatic heterocycles. The summed E-state index contributed by atoms with van der Waals surface area (Å²) in [6.07, 6.45) is 5.20. The van der Waals surface area contributed by atoms with Gasteiger partial charge in [0.1, 0.15) is 17.3 Å². The third kappa shape index (κ3) is 5.88. The second-order valence-electron chi connectivity index (χ2n) is 6.60. The van der Waals surface area contributed by atoms with Crippen molar-refractivity contribution in [2.75, 3.05) is 31.2 Å². The van der Waals surface area contributed by atoms with E-state index in [2.05, 4.69) is 22.1 Å². The molecule has 27 heavy (non-hydrogen) atoms. The molecule has 3 rings (SSSR count). The number of nitrogens with one attached hydrogen (secondary N) is 1. The molecule has 0 atom stereocenters. The second kappa shape index (κ2) is 9.80. The zero-order chi connectivity index (χ0) is 18.9. The highest BCUT2D eigenvalue weighted by atomic mass is 16.5. The Bertz CT molecular complexity index is 728. The quantitative estimate of drug-likeness (QED) is 0.736. The molecule has 0 aliphatic carbocycles. The van der Waals surface area contributed by atoms with Crippen LogP contribution < -0.4 is 19.7 Å². The van der Waals surface area contributed by atoms with E-state index in [1.54, 1.807) is 6.20 Å². The first-order valence-corrected chi connectivity index (χ1v) is 9.57. The number of carbonyl (C=O) groups is 1. The number of carbonyl (C=O) groups excluding carboxylic acids is 1. The van der Waals surface area contributed by atoms with Crippen LogP contribution in [0.3, 0.4) is 0 Å². The molecule has 0 unspecified atom stereocenters. The maximum Gasteiger partial charge on any atom is 0.258 e. The SMILES string of the molecule is CCCOc1ccc(OCC(=O)NCc2ccnc(N3CCCC3)c2)cc1. The van der Waals surface area contributed by atoms with E-state index >= 15 is 0 Å². The number of hydrogen-bond acceptors (Lipinski definition) is 5. The number of nitrogens with zero attached hydrogens (tertiary/aromatic N) is 2. The molecular weight excluding hydrogens is 342 g/mol. The minimum absolute atomic E-state index is 0.0147. The van der Waals surface area contributed by atoms with Crippen LogP contribution in [0.5, 0.6) is 11.5 Å². The molecule has 1 amide bonds. The van der Waals surface area contributed by atoms with Crippen molar-refractivity contribution < 1.29 is 14.3 Å². The van der Waals surface area contributed by atoms with E-state index in [1.807, 2.05) is 36.4 Å². The molecule has 0 saturated carbocycles. The molecular formula is C21H27N3O3. The number of rotatable bonds is 9. The van der Waals surface area contributed by atoms with Crippen LogP contribution in [0, 0.1) is 0 Å². The monoisotopic (exact) mass is 369 g/mol. The molecule has 2 heterocycles. The highest BCUT2D eigenvalue weighted by Gasteiger charge is 2.13. The van der Waals surface area contributed by atoms with Gasteiger partial charge in [0.25, 0.3) is 5.91 Å². The first-order chi connectivity index (χ1) is 13.2. The Morgan fingerprint density at radius 1 is 1.11 bits per heavy atom. The lowest BCUT2D eigenvalue weighted by atomic mass is 10.2. The average Bonchev–Trinajstić information content (AvgIpc) is 3.25. The molecule has 2 aromatic rings. The molecule has 6 heteroatoms. The summed E-state index contributed by atoms with van der Waals surface area (Å²) < 4.78 is 11.1. The summed E-state index contributed by atoms with van der Waals surface area (Å²) in [6.45, 7) is 5.32. The smallest absolute Gasteiger partial charge is 0.258 e. The summed E-state index contributed by atoms with van der Waals surface area (Å²) in [5.41, 5.74) is 1.04. The highest BCUT2D eigenvalue weighted by molar-refractivity contribution is 5.77. The number of benzene rings is 1. The number of hydrogen-bond donors (Lipinski definition) is 1. The van der Waals surface area contributed by atoms with Crippen LogP contribution in [0.15, 0.2) is 42.6 Å². The van der Waals surface area contributed by atoms with Crippen LogP contribution >= 0.6 is 0 Å². The summed E-state index contributed by atoms with van der Waals surface area (Å²) in [6, 6.07) is 11.3. The molecule has 1 fully saturated rings. The Morgan fingerprint density at radius 3 is 2.52 bits per heavy atom. The van der Waals surface area contributed by atoms with E-state index in [4.69, 9.17) is 9.47 Å². The third-order valence-corrected chi connectivity index (χ3v) is 4.40. The molecule has 1 N–H and O–H groups in total. The molecule has 6 nitrogen and oxygen atoms in total. The van der Waals surface area contributed by atoms with Crippen LogP contribution in [-0.4, -0.2) is 37.2 Å². The normalized spacial score (nSPS) is 13.4. The lowest BCUT2D eigenvalue weighted by Crippen LogP contribution is -2.28. The van der Waals surface area contributed by atoms with Gasteiger partial charge in [-0.15, -0.1) is 0 Å². The Morgan fingerprint density at radius 2 is 1.81 bits per heavy atom.